The third-order valence-corrected chi connectivity index (χ3v) is 5.00. The summed E-state index contributed by atoms with van der Waals surface area (Å²) in [7, 11) is 0. The topological polar surface area (TPSA) is 75.3 Å². The molecule has 28 heavy (non-hydrogen) atoms. The quantitative estimate of drug-likeness (QED) is 0.546. The van der Waals surface area contributed by atoms with Crippen molar-refractivity contribution in [2.45, 2.75) is 6.92 Å². The molecule has 0 spiro atoms. The fourth-order valence-corrected chi connectivity index (χ4v) is 3.58. The summed E-state index contributed by atoms with van der Waals surface area (Å²) in [6, 6.07) is 10.0. The summed E-state index contributed by atoms with van der Waals surface area (Å²) in [4.78, 5) is 13.3. The van der Waals surface area contributed by atoms with Gasteiger partial charge in [0, 0.05) is 56.5 Å². The van der Waals surface area contributed by atoms with E-state index in [-0.39, 0.29) is 0 Å². The first-order valence-electron chi connectivity index (χ1n) is 9.33. The number of nitrogens with zero attached hydrogens (tertiary/aromatic N) is 8. The molecule has 0 saturated carbocycles. The summed E-state index contributed by atoms with van der Waals surface area (Å²) in [5, 5.41) is 13.3. The molecule has 0 aliphatic carbocycles. The van der Waals surface area contributed by atoms with Gasteiger partial charge in [-0.25, -0.2) is 9.50 Å². The lowest BCUT2D eigenvalue weighted by Gasteiger charge is -2.35. The largest absolute Gasteiger partial charge is 0.352 e. The number of aromatic nitrogens is 6. The van der Waals surface area contributed by atoms with Crippen LogP contribution in [0.15, 0.2) is 55.1 Å². The van der Waals surface area contributed by atoms with Crippen LogP contribution >= 0.6 is 0 Å². The molecule has 5 heterocycles. The van der Waals surface area contributed by atoms with Crippen LogP contribution in [0.3, 0.4) is 0 Å². The maximum atomic E-state index is 4.60. The second kappa shape index (κ2) is 6.88. The first-order valence-corrected chi connectivity index (χ1v) is 9.33. The summed E-state index contributed by atoms with van der Waals surface area (Å²) < 4.78 is 1.90. The summed E-state index contributed by atoms with van der Waals surface area (Å²) in [5.74, 6) is 1.89. The van der Waals surface area contributed by atoms with E-state index in [0.29, 0.717) is 0 Å². The summed E-state index contributed by atoms with van der Waals surface area (Å²) in [6.07, 6.45) is 7.25. The van der Waals surface area contributed by atoms with Gasteiger partial charge in [0.2, 0.25) is 0 Å². The van der Waals surface area contributed by atoms with Gasteiger partial charge < -0.3 is 9.80 Å². The van der Waals surface area contributed by atoms with Gasteiger partial charge in [0.15, 0.2) is 11.6 Å². The van der Waals surface area contributed by atoms with Gasteiger partial charge in [-0.1, -0.05) is 0 Å². The predicted molar refractivity (Wildman–Crippen MR) is 107 cm³/mol. The third-order valence-electron chi connectivity index (χ3n) is 5.00. The Balaban J connectivity index is 1.30. The Morgan fingerprint density at radius 2 is 1.79 bits per heavy atom. The van der Waals surface area contributed by atoms with Crippen LogP contribution in [-0.4, -0.2) is 56.0 Å². The first-order chi connectivity index (χ1) is 13.8. The summed E-state index contributed by atoms with van der Waals surface area (Å²) in [6.45, 7) is 5.50. The van der Waals surface area contributed by atoms with Crippen LogP contribution < -0.4 is 9.80 Å². The molecule has 4 aromatic rings. The van der Waals surface area contributed by atoms with E-state index in [1.165, 1.54) is 0 Å². The van der Waals surface area contributed by atoms with Gasteiger partial charge in [-0.05, 0) is 37.3 Å². The molecule has 0 amide bonds. The highest BCUT2D eigenvalue weighted by atomic mass is 15.3. The van der Waals surface area contributed by atoms with Crippen LogP contribution in [0, 0.1) is 6.92 Å². The van der Waals surface area contributed by atoms with Crippen molar-refractivity contribution in [2.75, 3.05) is 36.0 Å². The fraction of sp³-hybridized carbons (Fsp3) is 0.250. The van der Waals surface area contributed by atoms with Crippen LogP contribution in [0.1, 0.15) is 5.69 Å². The monoisotopic (exact) mass is 372 g/mol. The second-order valence-electron chi connectivity index (χ2n) is 6.86. The van der Waals surface area contributed by atoms with E-state index in [1.54, 1.807) is 12.4 Å². The number of hydrogen-bond acceptors (Lipinski definition) is 7. The maximum Gasteiger partial charge on any atom is 0.154 e. The Bertz CT molecular complexity index is 1080. The van der Waals surface area contributed by atoms with Gasteiger partial charge in [0.25, 0.3) is 0 Å². The molecule has 0 N–H and O–H groups in total. The number of aryl methyl sites for hydroxylation is 1. The lowest BCUT2D eigenvalue weighted by molar-refractivity contribution is 0.638. The molecular weight excluding hydrogens is 352 g/mol. The molecule has 1 aliphatic rings. The van der Waals surface area contributed by atoms with Crippen molar-refractivity contribution in [3.05, 3.63) is 60.8 Å². The summed E-state index contributed by atoms with van der Waals surface area (Å²) >= 11 is 0. The summed E-state index contributed by atoms with van der Waals surface area (Å²) in [5.41, 5.74) is 3.86. The number of anilines is 2. The minimum absolute atomic E-state index is 0.836. The van der Waals surface area contributed by atoms with Crippen LogP contribution in [-0.2, 0) is 0 Å². The average Bonchev–Trinajstić information content (AvgIpc) is 3.15. The SMILES string of the molecule is Cc1cc2c(N3CCN(c4ccc(-c5cccnc5)nn4)CC3)nccn2n1. The molecule has 0 radical (unpaired) electrons. The molecular formula is C20H20N8. The lowest BCUT2D eigenvalue weighted by Crippen LogP contribution is -2.47. The molecule has 1 saturated heterocycles. The maximum absolute atomic E-state index is 4.60. The van der Waals surface area contributed by atoms with Crippen LogP contribution in [0.2, 0.25) is 0 Å². The Kier molecular flexibility index (Phi) is 4.08. The van der Waals surface area contributed by atoms with E-state index in [9.17, 15) is 0 Å². The van der Waals surface area contributed by atoms with Crippen molar-refractivity contribution in [1.82, 2.24) is 29.8 Å². The highest BCUT2D eigenvalue weighted by Gasteiger charge is 2.21. The normalized spacial score (nSPS) is 14.6. The average molecular weight is 372 g/mol. The van der Waals surface area contributed by atoms with Gasteiger partial charge in [0.1, 0.15) is 5.52 Å². The standard InChI is InChI=1S/C20H20N8/c1-15-13-18-20(22-7-8-28(18)25-15)27-11-9-26(10-12-27)19-5-4-17(23-24-19)16-3-2-6-21-14-16/h2-8,13-14H,9-12H2,1H3. The molecule has 0 unspecified atom stereocenters. The predicted octanol–water partition coefficient (Wildman–Crippen LogP) is 2.22. The van der Waals surface area contributed by atoms with Gasteiger partial charge in [-0.2, -0.15) is 5.10 Å². The minimum atomic E-state index is 0.836. The van der Waals surface area contributed by atoms with Gasteiger partial charge in [-0.15, -0.1) is 10.2 Å². The molecule has 1 aliphatic heterocycles. The molecule has 0 bridgehead atoms. The molecule has 8 nitrogen and oxygen atoms in total. The Morgan fingerprint density at radius 1 is 0.929 bits per heavy atom. The van der Waals surface area contributed by atoms with Crippen molar-refractivity contribution in [3.63, 3.8) is 0 Å². The third kappa shape index (κ3) is 3.02. The molecule has 0 aromatic carbocycles. The van der Waals surface area contributed by atoms with Crippen molar-refractivity contribution in [3.8, 4) is 11.3 Å². The van der Waals surface area contributed by atoms with Gasteiger partial charge >= 0.3 is 0 Å². The van der Waals surface area contributed by atoms with E-state index in [1.807, 2.05) is 48.1 Å². The van der Waals surface area contributed by atoms with Crippen molar-refractivity contribution < 1.29 is 0 Å². The van der Waals surface area contributed by atoms with Crippen molar-refractivity contribution >= 4 is 17.2 Å². The number of rotatable bonds is 3. The smallest absolute Gasteiger partial charge is 0.154 e. The number of fused-ring (bicyclic) bond motifs is 1. The molecule has 0 atom stereocenters. The lowest BCUT2D eigenvalue weighted by atomic mass is 10.2. The van der Waals surface area contributed by atoms with Crippen molar-refractivity contribution in [1.29, 1.82) is 0 Å². The van der Waals surface area contributed by atoms with Crippen LogP contribution in [0.4, 0.5) is 11.6 Å². The van der Waals surface area contributed by atoms with Gasteiger partial charge in [0.05, 0.1) is 11.4 Å². The Hall–Kier alpha value is -3.55. The van der Waals surface area contributed by atoms with E-state index in [4.69, 9.17) is 0 Å². The highest BCUT2D eigenvalue weighted by molar-refractivity contribution is 5.69. The van der Waals surface area contributed by atoms with E-state index >= 15 is 0 Å². The number of pyridine rings is 1. The molecule has 8 heteroatoms. The van der Waals surface area contributed by atoms with E-state index < -0.39 is 0 Å². The zero-order valence-electron chi connectivity index (χ0n) is 15.6. The van der Waals surface area contributed by atoms with Crippen LogP contribution in [0.25, 0.3) is 16.8 Å². The second-order valence-corrected chi connectivity index (χ2v) is 6.86. The molecule has 4 aromatic heterocycles. The molecule has 1 fully saturated rings. The zero-order valence-corrected chi connectivity index (χ0v) is 15.6. The Morgan fingerprint density at radius 3 is 2.54 bits per heavy atom. The Labute approximate surface area is 162 Å². The molecule has 140 valence electrons. The van der Waals surface area contributed by atoms with Crippen molar-refractivity contribution in [2.24, 2.45) is 0 Å². The van der Waals surface area contributed by atoms with E-state index in [2.05, 4.69) is 41.1 Å². The number of piperazine rings is 1. The van der Waals surface area contributed by atoms with Crippen LogP contribution in [0.5, 0.6) is 0 Å². The highest BCUT2D eigenvalue weighted by Crippen LogP contribution is 2.23. The first kappa shape index (κ1) is 16.6. The minimum Gasteiger partial charge on any atom is -0.352 e. The van der Waals surface area contributed by atoms with Gasteiger partial charge in [-0.3, -0.25) is 4.98 Å². The number of hydrogen-bond donors (Lipinski definition) is 0. The zero-order chi connectivity index (χ0) is 18.9. The van der Waals surface area contributed by atoms with E-state index in [0.717, 1.165) is 60.3 Å². The fourth-order valence-electron chi connectivity index (χ4n) is 3.58. The molecule has 5 rings (SSSR count).